The fourth-order valence-corrected chi connectivity index (χ4v) is 15.3. The Bertz CT molecular complexity index is 5700. The van der Waals surface area contributed by atoms with E-state index >= 15 is 0 Å². The van der Waals surface area contributed by atoms with Crippen LogP contribution in [0.25, 0.3) is 140 Å². The molecule has 3 aromatic heterocycles. The molecule has 0 saturated heterocycles. The molecule has 0 atom stereocenters. The van der Waals surface area contributed by atoms with Crippen LogP contribution in [-0.2, 0) is 17.3 Å². The van der Waals surface area contributed by atoms with Crippen LogP contribution in [0.2, 0.25) is 0 Å². The van der Waals surface area contributed by atoms with Gasteiger partial charge in [0.2, 0.25) is 0 Å². The summed E-state index contributed by atoms with van der Waals surface area (Å²) in [7, 11) is 0. The second-order valence-corrected chi connectivity index (χ2v) is 34.0. The molecule has 0 aliphatic rings. The van der Waals surface area contributed by atoms with E-state index < -0.39 is 0 Å². The predicted molar refractivity (Wildman–Crippen MR) is 496 cm³/mol. The van der Waals surface area contributed by atoms with Crippen molar-refractivity contribution in [3.05, 3.63) is 353 Å². The molecule has 117 heavy (non-hydrogen) atoms. The summed E-state index contributed by atoms with van der Waals surface area (Å²) < 4.78 is 2.38. The average Bonchev–Trinajstić information content (AvgIpc) is 1.59. The van der Waals surface area contributed by atoms with Crippen molar-refractivity contribution >= 4 is 21.8 Å². The number of aryl methyl sites for hydroxylation is 7. The maximum Gasteiger partial charge on any atom is 0.164 e. The van der Waals surface area contributed by atoms with E-state index in [1.54, 1.807) is 0 Å². The molecule has 7 nitrogen and oxygen atoms in total. The van der Waals surface area contributed by atoms with Gasteiger partial charge in [-0.1, -0.05) is 376 Å². The number of benzene rings is 13. The minimum atomic E-state index is 0.0873. The number of hydrogen-bond donors (Lipinski definition) is 0. The Labute approximate surface area is 695 Å². The van der Waals surface area contributed by atoms with Crippen molar-refractivity contribution in [1.29, 1.82) is 0 Å². The molecule has 7 heteroatoms. The van der Waals surface area contributed by atoms with Gasteiger partial charge in [0.25, 0.3) is 0 Å². The minimum absolute atomic E-state index is 0.0873. The van der Waals surface area contributed by atoms with E-state index in [9.17, 15) is 0 Å². The summed E-state index contributed by atoms with van der Waals surface area (Å²) in [6.07, 6.45) is 14.8. The van der Waals surface area contributed by atoms with Crippen LogP contribution in [0.3, 0.4) is 0 Å². The van der Waals surface area contributed by atoms with Crippen LogP contribution in [0, 0.1) is 41.5 Å². The fraction of sp³-hybridized carbons (Fsp3) is 0.236. The highest BCUT2D eigenvalue weighted by Crippen LogP contribution is 2.40. The molecule has 16 aromatic rings. The van der Waals surface area contributed by atoms with Gasteiger partial charge in [-0.3, -0.25) is 0 Å². The van der Waals surface area contributed by atoms with Crippen molar-refractivity contribution in [1.82, 2.24) is 34.5 Å². The molecule has 13 aromatic carbocycles. The van der Waals surface area contributed by atoms with E-state index in [0.717, 1.165) is 67.9 Å². The molecule has 0 spiro atoms. The number of hydrogen-bond acceptors (Lipinski definition) is 6. The molecule has 0 radical (unpaired) electrons. The Morgan fingerprint density at radius 3 is 0.906 bits per heavy atom. The molecular formula is C110H111N7. The van der Waals surface area contributed by atoms with Crippen molar-refractivity contribution in [3.8, 4) is 119 Å². The average molecular weight is 1530 g/mol. The highest BCUT2D eigenvalue weighted by Gasteiger charge is 2.21. The lowest BCUT2D eigenvalue weighted by atomic mass is 9.85. The summed E-state index contributed by atoms with van der Waals surface area (Å²) in [6, 6.07) is 109. The van der Waals surface area contributed by atoms with E-state index in [4.69, 9.17) is 29.9 Å². The fourth-order valence-electron chi connectivity index (χ4n) is 15.3. The van der Waals surface area contributed by atoms with Gasteiger partial charge < -0.3 is 4.57 Å². The number of para-hydroxylation sites is 1. The molecular weight excluding hydrogens is 1420 g/mol. The van der Waals surface area contributed by atoms with Crippen LogP contribution in [0.1, 0.15) is 163 Å². The van der Waals surface area contributed by atoms with Gasteiger partial charge in [0, 0.05) is 49.8 Å². The molecule has 0 amide bonds. The van der Waals surface area contributed by atoms with E-state index in [0.29, 0.717) is 29.1 Å². The Morgan fingerprint density at radius 2 is 0.538 bits per heavy atom. The monoisotopic (exact) mass is 1530 g/mol. The first-order chi connectivity index (χ1) is 56.6. The first-order valence-electron chi connectivity index (χ1n) is 42.2. The second-order valence-electron chi connectivity index (χ2n) is 34.0. The predicted octanol–water partition coefficient (Wildman–Crippen LogP) is 30.1. The number of nitrogens with zero attached hydrogens (tertiary/aromatic N) is 7. The summed E-state index contributed by atoms with van der Waals surface area (Å²) in [6.45, 7) is 28.4. The molecule has 0 fully saturated rings. The Hall–Kier alpha value is -12.3. The first kappa shape index (κ1) is 81.3. The SMILES string of the molecule is CCCCCCCCCCCCc1ccc(-c2nc(-c3cccc(C)c3)nc(-c3cccc(C)c3)n2)cc1.Cc1ccc(-c2ccc3c(c2)c2cc(-c4ccc(C)cc4)ccc2n3-c2ccccc2)cc1.Cc1ccc(-c2nc(-c3ccc(C)cc3)nc(-c3cc(-c4ccc(C(C)(C)C)cc4)cc(-c4ccc(C(C)(C)C)cc4)c3)n2)cc1. The van der Waals surface area contributed by atoms with E-state index in [2.05, 4.69) is 398 Å². The first-order valence-corrected chi connectivity index (χ1v) is 42.2. The number of fused-ring (bicyclic) bond motifs is 3. The van der Waals surface area contributed by atoms with Crippen LogP contribution in [0.4, 0.5) is 0 Å². The number of rotatable bonds is 22. The lowest BCUT2D eigenvalue weighted by Crippen LogP contribution is -2.10. The van der Waals surface area contributed by atoms with Crippen molar-refractivity contribution in [2.45, 2.75) is 171 Å². The van der Waals surface area contributed by atoms with E-state index in [1.807, 2.05) is 0 Å². The van der Waals surface area contributed by atoms with Gasteiger partial charge in [-0.15, -0.1) is 0 Å². The minimum Gasteiger partial charge on any atom is -0.309 e. The summed E-state index contributed by atoms with van der Waals surface area (Å²) >= 11 is 0. The highest BCUT2D eigenvalue weighted by atomic mass is 15.0. The third kappa shape index (κ3) is 20.7. The quantitative estimate of drug-likeness (QED) is 0.0629. The Kier molecular flexibility index (Phi) is 25.8. The smallest absolute Gasteiger partial charge is 0.164 e. The van der Waals surface area contributed by atoms with Crippen molar-refractivity contribution < 1.29 is 0 Å². The molecule has 0 aliphatic heterocycles. The molecule has 0 saturated carbocycles. The molecule has 0 unspecified atom stereocenters. The van der Waals surface area contributed by atoms with Crippen LogP contribution < -0.4 is 0 Å². The molecule has 16 rings (SSSR count). The molecule has 0 N–H and O–H groups in total. The third-order valence-corrected chi connectivity index (χ3v) is 22.4. The number of aromatic nitrogens is 7. The largest absolute Gasteiger partial charge is 0.309 e. The van der Waals surface area contributed by atoms with Gasteiger partial charge in [-0.05, 0) is 193 Å². The zero-order valence-electron chi connectivity index (χ0n) is 70.8. The summed E-state index contributed by atoms with van der Waals surface area (Å²) in [5.41, 5.74) is 30.7. The van der Waals surface area contributed by atoms with Crippen LogP contribution in [-0.4, -0.2) is 34.5 Å². The van der Waals surface area contributed by atoms with Crippen molar-refractivity contribution in [3.63, 3.8) is 0 Å². The Balaban J connectivity index is 0.000000146. The second kappa shape index (κ2) is 37.1. The highest BCUT2D eigenvalue weighted by molar-refractivity contribution is 6.11. The van der Waals surface area contributed by atoms with E-state index in [-0.39, 0.29) is 10.8 Å². The normalized spacial score (nSPS) is 11.5. The van der Waals surface area contributed by atoms with Gasteiger partial charge in [-0.2, -0.15) is 0 Å². The van der Waals surface area contributed by atoms with Gasteiger partial charge in [-0.25, -0.2) is 29.9 Å². The maximum atomic E-state index is 5.09. The molecule has 3 heterocycles. The summed E-state index contributed by atoms with van der Waals surface area (Å²) in [5, 5.41) is 2.56. The summed E-state index contributed by atoms with van der Waals surface area (Å²) in [4.78, 5) is 29.8. The maximum absolute atomic E-state index is 5.09. The molecule has 0 aliphatic carbocycles. The number of unbranched alkanes of at least 4 members (excludes halogenated alkanes) is 9. The lowest BCUT2D eigenvalue weighted by Gasteiger charge is -2.20. The van der Waals surface area contributed by atoms with Crippen molar-refractivity contribution in [2.24, 2.45) is 0 Å². The standard InChI is InChI=1S/C43H43N3.C35H43N3.C32H25N/c1-28-9-13-32(14-10-28)39-44-40(33-15-11-29(2)12-16-33)46-41(45-39)36-26-34(30-17-21-37(22-18-30)42(3,4)5)25-35(27-36)31-19-23-38(24-20-31)43(6,7)8;1-4-5-6-7-8-9-10-11-12-13-18-29-21-23-30(24-22-29)33-36-34(31-19-14-16-27(2)25-31)38-35(37-33)32-20-15-17-28(3)26-32;1-22-8-12-24(13-9-22)26-16-18-31-29(20-26)30-21-27(25-14-10-23(2)11-15-25)17-19-32(30)33(31)28-6-4-3-5-7-28/h9-27H,1-8H3;14-17,19-26H,4-13,18H2,1-3H3;3-21H,1-2H3. The van der Waals surface area contributed by atoms with Gasteiger partial charge in [0.05, 0.1) is 11.0 Å². The Morgan fingerprint density at radius 1 is 0.231 bits per heavy atom. The molecule has 0 bridgehead atoms. The molecule has 586 valence electrons. The third-order valence-electron chi connectivity index (χ3n) is 22.4. The van der Waals surface area contributed by atoms with E-state index in [1.165, 1.54) is 164 Å². The van der Waals surface area contributed by atoms with Crippen LogP contribution in [0.15, 0.2) is 303 Å². The van der Waals surface area contributed by atoms with Crippen molar-refractivity contribution in [2.75, 3.05) is 0 Å². The van der Waals surface area contributed by atoms with Gasteiger partial charge in [0.15, 0.2) is 34.9 Å². The lowest BCUT2D eigenvalue weighted by molar-refractivity contribution is 0.556. The topological polar surface area (TPSA) is 82.3 Å². The van der Waals surface area contributed by atoms with Gasteiger partial charge >= 0.3 is 0 Å². The zero-order chi connectivity index (χ0) is 81.6. The zero-order valence-corrected chi connectivity index (χ0v) is 70.8. The van der Waals surface area contributed by atoms with Gasteiger partial charge in [0.1, 0.15) is 0 Å². The van der Waals surface area contributed by atoms with Crippen LogP contribution in [0.5, 0.6) is 0 Å². The summed E-state index contributed by atoms with van der Waals surface area (Å²) in [5.74, 6) is 4.13. The van der Waals surface area contributed by atoms with Crippen LogP contribution >= 0.6 is 0 Å².